The van der Waals surface area contributed by atoms with E-state index in [1.54, 1.807) is 11.3 Å². The van der Waals surface area contributed by atoms with E-state index >= 15 is 0 Å². The Balaban J connectivity index is 1.79. The molecule has 3 rings (SSSR count). The minimum atomic E-state index is 0.614. The molecule has 1 aliphatic heterocycles. The molecule has 0 atom stereocenters. The van der Waals surface area contributed by atoms with Crippen LogP contribution in [0.1, 0.15) is 17.8 Å². The Bertz CT molecular complexity index is 514. The number of aryl methyl sites for hydroxylation is 1. The highest BCUT2D eigenvalue weighted by Crippen LogP contribution is 2.25. The third-order valence-electron chi connectivity index (χ3n) is 3.21. The van der Waals surface area contributed by atoms with E-state index in [1.807, 2.05) is 0 Å². The maximum Gasteiger partial charge on any atom is 0.0907 e. The second kappa shape index (κ2) is 4.63. The van der Waals surface area contributed by atoms with Gasteiger partial charge in [0.25, 0.3) is 0 Å². The summed E-state index contributed by atoms with van der Waals surface area (Å²) in [5.74, 6) is 0. The number of fused-ring (bicyclic) bond motifs is 1. The van der Waals surface area contributed by atoms with Crippen LogP contribution in [-0.4, -0.2) is 24.1 Å². The first kappa shape index (κ1) is 11.0. The van der Waals surface area contributed by atoms with Gasteiger partial charge in [0.15, 0.2) is 0 Å². The number of thiazole rings is 1. The van der Waals surface area contributed by atoms with Crippen molar-refractivity contribution >= 4 is 27.2 Å². The Morgan fingerprint density at radius 2 is 2.18 bits per heavy atom. The van der Waals surface area contributed by atoms with E-state index in [2.05, 4.69) is 40.7 Å². The fraction of sp³-hybridized carbons (Fsp3) is 0.462. The average Bonchev–Trinajstić information content (AvgIpc) is 2.70. The van der Waals surface area contributed by atoms with E-state index in [0.717, 1.165) is 23.6 Å². The second-order valence-electron chi connectivity index (χ2n) is 4.58. The van der Waals surface area contributed by atoms with Crippen LogP contribution >= 0.6 is 11.3 Å². The molecule has 90 valence electrons. The zero-order chi connectivity index (χ0) is 11.7. The van der Waals surface area contributed by atoms with Gasteiger partial charge in [-0.1, -0.05) is 0 Å². The summed E-state index contributed by atoms with van der Waals surface area (Å²) < 4.78 is 1.28. The smallest absolute Gasteiger partial charge is 0.0907 e. The van der Waals surface area contributed by atoms with Gasteiger partial charge in [0.2, 0.25) is 0 Å². The first-order valence-corrected chi connectivity index (χ1v) is 6.97. The maximum absolute atomic E-state index is 4.48. The van der Waals surface area contributed by atoms with Crippen LogP contribution in [0.25, 0.3) is 10.2 Å². The highest BCUT2D eigenvalue weighted by molar-refractivity contribution is 7.18. The number of nitrogens with one attached hydrogen (secondary N) is 2. The number of piperidine rings is 1. The Morgan fingerprint density at radius 3 is 3.00 bits per heavy atom. The van der Waals surface area contributed by atoms with Gasteiger partial charge >= 0.3 is 0 Å². The lowest BCUT2D eigenvalue weighted by Gasteiger charge is -2.24. The van der Waals surface area contributed by atoms with Gasteiger partial charge in [-0.3, -0.25) is 0 Å². The highest BCUT2D eigenvalue weighted by atomic mass is 32.1. The van der Waals surface area contributed by atoms with Gasteiger partial charge in [0.1, 0.15) is 0 Å². The van der Waals surface area contributed by atoms with Crippen LogP contribution in [0.5, 0.6) is 0 Å². The molecule has 1 aliphatic rings. The fourth-order valence-corrected chi connectivity index (χ4v) is 3.20. The molecule has 0 bridgehead atoms. The van der Waals surface area contributed by atoms with Crippen molar-refractivity contribution in [3.05, 3.63) is 23.2 Å². The van der Waals surface area contributed by atoms with Crippen LogP contribution in [0.15, 0.2) is 18.2 Å². The normalized spacial score (nSPS) is 17.5. The molecule has 0 aliphatic carbocycles. The molecular formula is C13H17N3S. The van der Waals surface area contributed by atoms with Crippen molar-refractivity contribution in [2.45, 2.75) is 25.8 Å². The lowest BCUT2D eigenvalue weighted by atomic mass is 10.1. The summed E-state index contributed by atoms with van der Waals surface area (Å²) in [6.45, 7) is 4.31. The third-order valence-corrected chi connectivity index (χ3v) is 4.14. The number of benzene rings is 1. The number of aromatic nitrogens is 1. The van der Waals surface area contributed by atoms with Crippen molar-refractivity contribution in [1.82, 2.24) is 10.3 Å². The fourth-order valence-electron chi connectivity index (χ4n) is 2.33. The summed E-state index contributed by atoms with van der Waals surface area (Å²) in [5.41, 5.74) is 2.34. The van der Waals surface area contributed by atoms with Crippen molar-refractivity contribution in [2.24, 2.45) is 0 Å². The molecule has 1 aromatic heterocycles. The number of hydrogen-bond donors (Lipinski definition) is 2. The molecule has 1 saturated heterocycles. The molecular weight excluding hydrogens is 230 g/mol. The molecule has 17 heavy (non-hydrogen) atoms. The summed E-state index contributed by atoms with van der Waals surface area (Å²) in [6, 6.07) is 7.09. The minimum absolute atomic E-state index is 0.614. The standard InChI is InChI=1S/C13H17N3S/c1-9-15-12-3-2-11(8-13(12)17-9)16-10-4-6-14-7-5-10/h2-3,8,10,14,16H,4-7H2,1H3. The Hall–Kier alpha value is -1.13. The summed E-state index contributed by atoms with van der Waals surface area (Å²) in [5, 5.41) is 8.14. The van der Waals surface area contributed by atoms with E-state index in [0.29, 0.717) is 6.04 Å². The van der Waals surface area contributed by atoms with Crippen molar-refractivity contribution in [3.63, 3.8) is 0 Å². The topological polar surface area (TPSA) is 37.0 Å². The molecule has 2 aromatic rings. The predicted octanol–water partition coefficient (Wildman–Crippen LogP) is 2.77. The van der Waals surface area contributed by atoms with Crippen molar-refractivity contribution in [3.8, 4) is 0 Å². The van der Waals surface area contributed by atoms with Gasteiger partial charge in [0, 0.05) is 11.7 Å². The Labute approximate surface area is 105 Å². The third kappa shape index (κ3) is 2.42. The lowest BCUT2D eigenvalue weighted by molar-refractivity contribution is 0.479. The Morgan fingerprint density at radius 1 is 1.35 bits per heavy atom. The quantitative estimate of drug-likeness (QED) is 0.857. The largest absolute Gasteiger partial charge is 0.382 e. The number of anilines is 1. The van der Waals surface area contributed by atoms with Gasteiger partial charge in [0.05, 0.1) is 15.2 Å². The number of nitrogens with zero attached hydrogens (tertiary/aromatic N) is 1. The highest BCUT2D eigenvalue weighted by Gasteiger charge is 2.12. The Kier molecular flexibility index (Phi) is 2.99. The van der Waals surface area contributed by atoms with E-state index in [9.17, 15) is 0 Å². The molecule has 3 nitrogen and oxygen atoms in total. The summed E-state index contributed by atoms with van der Waals surface area (Å²) in [4.78, 5) is 4.48. The number of hydrogen-bond acceptors (Lipinski definition) is 4. The minimum Gasteiger partial charge on any atom is -0.382 e. The molecule has 1 aromatic carbocycles. The average molecular weight is 247 g/mol. The second-order valence-corrected chi connectivity index (χ2v) is 5.82. The van der Waals surface area contributed by atoms with Gasteiger partial charge in [-0.05, 0) is 51.1 Å². The van der Waals surface area contributed by atoms with Gasteiger partial charge in [-0.15, -0.1) is 11.3 Å². The molecule has 2 N–H and O–H groups in total. The molecule has 1 fully saturated rings. The molecule has 0 radical (unpaired) electrons. The predicted molar refractivity (Wildman–Crippen MR) is 73.9 cm³/mol. The van der Waals surface area contributed by atoms with Crippen LogP contribution < -0.4 is 10.6 Å². The molecule has 0 spiro atoms. The first-order chi connectivity index (χ1) is 8.31. The van der Waals surface area contributed by atoms with Crippen LogP contribution in [0, 0.1) is 6.92 Å². The van der Waals surface area contributed by atoms with Gasteiger partial charge < -0.3 is 10.6 Å². The van der Waals surface area contributed by atoms with Crippen LogP contribution in [-0.2, 0) is 0 Å². The van der Waals surface area contributed by atoms with Crippen LogP contribution in [0.4, 0.5) is 5.69 Å². The van der Waals surface area contributed by atoms with Crippen LogP contribution in [0.2, 0.25) is 0 Å². The van der Waals surface area contributed by atoms with E-state index in [-0.39, 0.29) is 0 Å². The zero-order valence-electron chi connectivity index (χ0n) is 9.99. The maximum atomic E-state index is 4.48. The SMILES string of the molecule is Cc1nc2ccc(NC3CCNCC3)cc2s1. The van der Waals surface area contributed by atoms with Crippen molar-refractivity contribution in [1.29, 1.82) is 0 Å². The van der Waals surface area contributed by atoms with E-state index in [1.165, 1.54) is 23.2 Å². The molecule has 4 heteroatoms. The van der Waals surface area contributed by atoms with Crippen molar-refractivity contribution in [2.75, 3.05) is 18.4 Å². The summed E-state index contributed by atoms with van der Waals surface area (Å²) in [7, 11) is 0. The van der Waals surface area contributed by atoms with Gasteiger partial charge in [-0.25, -0.2) is 4.98 Å². The van der Waals surface area contributed by atoms with E-state index in [4.69, 9.17) is 0 Å². The summed E-state index contributed by atoms with van der Waals surface area (Å²) >= 11 is 1.76. The van der Waals surface area contributed by atoms with E-state index < -0.39 is 0 Å². The summed E-state index contributed by atoms with van der Waals surface area (Å²) in [6.07, 6.45) is 2.42. The molecule has 0 unspecified atom stereocenters. The molecule has 0 amide bonds. The molecule has 0 saturated carbocycles. The van der Waals surface area contributed by atoms with Crippen LogP contribution in [0.3, 0.4) is 0 Å². The van der Waals surface area contributed by atoms with Gasteiger partial charge in [-0.2, -0.15) is 0 Å². The molecule has 2 heterocycles. The zero-order valence-corrected chi connectivity index (χ0v) is 10.8. The monoisotopic (exact) mass is 247 g/mol. The first-order valence-electron chi connectivity index (χ1n) is 6.16. The van der Waals surface area contributed by atoms with Crippen molar-refractivity contribution < 1.29 is 0 Å². The lowest BCUT2D eigenvalue weighted by Crippen LogP contribution is -2.35. The number of rotatable bonds is 2.